The number of esters is 1. The van der Waals surface area contributed by atoms with Crippen LogP contribution in [0.1, 0.15) is 89.5 Å². The molecular weight excluding hydrogens is 538 g/mol. The van der Waals surface area contributed by atoms with Crippen LogP contribution in [0.4, 0.5) is 0 Å². The maximum absolute atomic E-state index is 12.4. The van der Waals surface area contributed by atoms with Crippen LogP contribution in [0.5, 0.6) is 0 Å². The SMILES string of the molecule is CC/C=C\C/C=C\C/C=C\C/C=C\C/C=C\CCCC(=O)NC(CCCCNC(=O)C/C=C/c1cccnc1)C(=O)OC. The second-order valence-corrected chi connectivity index (χ2v) is 9.98. The van der Waals surface area contributed by atoms with Gasteiger partial charge in [-0.3, -0.25) is 14.6 Å². The van der Waals surface area contributed by atoms with Gasteiger partial charge in [-0.2, -0.15) is 0 Å². The summed E-state index contributed by atoms with van der Waals surface area (Å²) in [4.78, 5) is 40.6. The molecule has 1 unspecified atom stereocenters. The molecule has 0 aromatic carbocycles. The maximum Gasteiger partial charge on any atom is 0.328 e. The highest BCUT2D eigenvalue weighted by atomic mass is 16.5. The Kier molecular flexibility index (Phi) is 23.1. The zero-order valence-electron chi connectivity index (χ0n) is 26.1. The Morgan fingerprint density at radius 1 is 0.837 bits per heavy atom. The van der Waals surface area contributed by atoms with Gasteiger partial charge in [0.15, 0.2) is 0 Å². The summed E-state index contributed by atoms with van der Waals surface area (Å²) in [6, 6.07) is 3.09. The van der Waals surface area contributed by atoms with Crippen LogP contribution >= 0.6 is 0 Å². The predicted octanol–water partition coefficient (Wildman–Crippen LogP) is 7.35. The summed E-state index contributed by atoms with van der Waals surface area (Å²) < 4.78 is 4.87. The number of carbonyl (C=O) groups is 3. The van der Waals surface area contributed by atoms with Crippen molar-refractivity contribution in [1.82, 2.24) is 15.6 Å². The molecule has 0 aliphatic rings. The molecule has 0 saturated carbocycles. The van der Waals surface area contributed by atoms with Crippen LogP contribution in [-0.2, 0) is 19.1 Å². The molecule has 43 heavy (non-hydrogen) atoms. The first kappa shape index (κ1) is 37.0. The molecule has 0 saturated heterocycles. The van der Waals surface area contributed by atoms with Crippen LogP contribution in [0.2, 0.25) is 0 Å². The monoisotopic (exact) mass is 589 g/mol. The number of pyridine rings is 1. The van der Waals surface area contributed by atoms with E-state index in [2.05, 4.69) is 83.3 Å². The zero-order valence-corrected chi connectivity index (χ0v) is 26.1. The fourth-order valence-corrected chi connectivity index (χ4v) is 3.96. The van der Waals surface area contributed by atoms with E-state index in [1.807, 2.05) is 18.2 Å². The molecule has 0 fully saturated rings. The maximum atomic E-state index is 12.4. The number of unbranched alkanes of at least 4 members (excludes halogenated alkanes) is 2. The van der Waals surface area contributed by atoms with Crippen molar-refractivity contribution in [3.05, 3.63) is 96.9 Å². The third-order valence-corrected chi connectivity index (χ3v) is 6.29. The summed E-state index contributed by atoms with van der Waals surface area (Å²) in [6.07, 6.45) is 37.6. The van der Waals surface area contributed by atoms with Crippen molar-refractivity contribution < 1.29 is 19.1 Å². The Hall–Kier alpha value is -4.00. The van der Waals surface area contributed by atoms with E-state index in [1.165, 1.54) is 7.11 Å². The van der Waals surface area contributed by atoms with E-state index in [0.717, 1.165) is 44.1 Å². The lowest BCUT2D eigenvalue weighted by molar-refractivity contribution is -0.145. The average molecular weight is 590 g/mol. The van der Waals surface area contributed by atoms with E-state index in [-0.39, 0.29) is 18.2 Å². The van der Waals surface area contributed by atoms with Gasteiger partial charge in [0.2, 0.25) is 11.8 Å². The number of rotatable bonds is 23. The Morgan fingerprint density at radius 3 is 2.09 bits per heavy atom. The van der Waals surface area contributed by atoms with E-state index in [4.69, 9.17) is 4.74 Å². The Bertz CT molecular complexity index is 1070. The number of nitrogens with one attached hydrogen (secondary N) is 2. The van der Waals surface area contributed by atoms with Gasteiger partial charge in [-0.15, -0.1) is 0 Å². The van der Waals surface area contributed by atoms with Gasteiger partial charge >= 0.3 is 5.97 Å². The summed E-state index contributed by atoms with van der Waals surface area (Å²) in [6.45, 7) is 2.65. The summed E-state index contributed by atoms with van der Waals surface area (Å²) in [5.41, 5.74) is 0.945. The van der Waals surface area contributed by atoms with Crippen molar-refractivity contribution in [2.45, 2.75) is 90.0 Å². The van der Waals surface area contributed by atoms with Crippen molar-refractivity contribution in [2.75, 3.05) is 13.7 Å². The first-order valence-corrected chi connectivity index (χ1v) is 15.5. The molecule has 1 aromatic heterocycles. The molecule has 1 heterocycles. The number of ether oxygens (including phenoxy) is 1. The van der Waals surface area contributed by atoms with Crippen molar-refractivity contribution in [3.63, 3.8) is 0 Å². The van der Waals surface area contributed by atoms with Gasteiger partial charge < -0.3 is 15.4 Å². The second kappa shape index (κ2) is 26.9. The lowest BCUT2D eigenvalue weighted by Crippen LogP contribution is -2.41. The molecule has 7 nitrogen and oxygen atoms in total. The van der Waals surface area contributed by atoms with E-state index < -0.39 is 12.0 Å². The normalized spacial score (nSPS) is 12.8. The highest BCUT2D eigenvalue weighted by Gasteiger charge is 2.20. The van der Waals surface area contributed by atoms with E-state index in [1.54, 1.807) is 18.5 Å². The Balaban J connectivity index is 2.14. The molecule has 2 N–H and O–H groups in total. The highest BCUT2D eigenvalue weighted by Crippen LogP contribution is 2.06. The van der Waals surface area contributed by atoms with Gasteiger partial charge in [-0.05, 0) is 75.8 Å². The Labute approximate surface area is 259 Å². The number of amides is 2. The topological polar surface area (TPSA) is 97.4 Å². The van der Waals surface area contributed by atoms with Gasteiger partial charge in [0.05, 0.1) is 7.11 Å². The largest absolute Gasteiger partial charge is 0.467 e. The average Bonchev–Trinajstić information content (AvgIpc) is 3.02. The molecule has 1 aromatic rings. The van der Waals surface area contributed by atoms with E-state index >= 15 is 0 Å². The fourth-order valence-electron chi connectivity index (χ4n) is 3.96. The lowest BCUT2D eigenvalue weighted by atomic mass is 10.1. The van der Waals surface area contributed by atoms with Gasteiger partial charge in [-0.25, -0.2) is 4.79 Å². The van der Waals surface area contributed by atoms with Crippen LogP contribution in [0.15, 0.2) is 91.4 Å². The Morgan fingerprint density at radius 2 is 1.49 bits per heavy atom. The molecule has 0 bridgehead atoms. The smallest absolute Gasteiger partial charge is 0.328 e. The highest BCUT2D eigenvalue weighted by molar-refractivity contribution is 5.84. The van der Waals surface area contributed by atoms with Crippen LogP contribution in [-0.4, -0.2) is 42.5 Å². The van der Waals surface area contributed by atoms with E-state index in [9.17, 15) is 14.4 Å². The second-order valence-electron chi connectivity index (χ2n) is 9.98. The molecule has 0 aliphatic heterocycles. The van der Waals surface area contributed by atoms with Gasteiger partial charge in [0, 0.05) is 31.8 Å². The number of hydrogen-bond acceptors (Lipinski definition) is 5. The van der Waals surface area contributed by atoms with Crippen molar-refractivity contribution in [3.8, 4) is 0 Å². The first-order chi connectivity index (χ1) is 21.1. The van der Waals surface area contributed by atoms with Crippen molar-refractivity contribution in [1.29, 1.82) is 0 Å². The number of hydrogen-bond donors (Lipinski definition) is 2. The van der Waals surface area contributed by atoms with Crippen molar-refractivity contribution in [2.24, 2.45) is 0 Å². The third kappa shape index (κ3) is 22.3. The molecular formula is C36H51N3O4. The summed E-state index contributed by atoms with van der Waals surface area (Å²) in [7, 11) is 1.32. The standard InChI is InChI=1S/C36H51N3O4/c1-3-4-5-6-7-8-9-10-11-12-13-14-15-16-17-18-19-27-35(41)39-33(36(42)43-2)26-20-21-30-38-34(40)28-22-24-32-25-23-29-37-31-32/h4-5,7-8,10-11,13-14,16-17,22-25,29,31,33H,3,6,9,12,15,18-21,26-28,30H2,1-2H3,(H,38,40)(H,39,41)/b5-4-,8-7-,11-10-,14-13-,17-16-,24-22+. The number of nitrogens with zero attached hydrogens (tertiary/aromatic N) is 1. The zero-order chi connectivity index (χ0) is 31.2. The van der Waals surface area contributed by atoms with Crippen molar-refractivity contribution >= 4 is 23.9 Å². The number of allylic oxidation sites excluding steroid dienone is 10. The van der Waals surface area contributed by atoms with Gasteiger partial charge in [-0.1, -0.05) is 85.9 Å². The van der Waals surface area contributed by atoms with E-state index in [0.29, 0.717) is 38.6 Å². The molecule has 0 spiro atoms. The predicted molar refractivity (Wildman–Crippen MR) is 177 cm³/mol. The minimum atomic E-state index is -0.677. The van der Waals surface area contributed by atoms with Crippen LogP contribution in [0.3, 0.4) is 0 Å². The van der Waals surface area contributed by atoms with Crippen LogP contribution in [0.25, 0.3) is 6.08 Å². The molecule has 1 atom stereocenters. The summed E-state index contributed by atoms with van der Waals surface area (Å²) >= 11 is 0. The first-order valence-electron chi connectivity index (χ1n) is 15.5. The van der Waals surface area contributed by atoms with Gasteiger partial charge in [0.1, 0.15) is 6.04 Å². The quantitative estimate of drug-likeness (QED) is 0.0790. The minimum Gasteiger partial charge on any atom is -0.467 e. The number of aromatic nitrogens is 1. The van der Waals surface area contributed by atoms with Crippen LogP contribution < -0.4 is 10.6 Å². The molecule has 0 radical (unpaired) electrons. The molecule has 0 aliphatic carbocycles. The summed E-state index contributed by atoms with van der Waals surface area (Å²) in [5.74, 6) is -0.669. The molecule has 1 rings (SSSR count). The minimum absolute atomic E-state index is 0.0644. The molecule has 234 valence electrons. The molecule has 7 heteroatoms. The summed E-state index contributed by atoms with van der Waals surface area (Å²) in [5, 5.41) is 5.68. The lowest BCUT2D eigenvalue weighted by Gasteiger charge is -2.16. The third-order valence-electron chi connectivity index (χ3n) is 6.29. The fraction of sp³-hybridized carbons (Fsp3) is 0.444. The molecule has 2 amide bonds. The number of carbonyl (C=O) groups excluding carboxylic acids is 3. The number of methoxy groups -OCH3 is 1. The van der Waals surface area contributed by atoms with Gasteiger partial charge in [0.25, 0.3) is 0 Å². The van der Waals surface area contributed by atoms with Crippen LogP contribution in [0, 0.1) is 0 Å².